The second-order valence-corrected chi connectivity index (χ2v) is 8.92. The van der Waals surface area contributed by atoms with Crippen LogP contribution in [-0.4, -0.2) is 63.8 Å². The third-order valence-corrected chi connectivity index (χ3v) is 6.71. The van der Waals surface area contributed by atoms with Gasteiger partial charge in [0.05, 0.1) is 5.56 Å². The minimum absolute atomic E-state index is 0.00127. The summed E-state index contributed by atoms with van der Waals surface area (Å²) in [5, 5.41) is 10.6. The molecule has 1 amide bonds. The zero-order chi connectivity index (χ0) is 23.2. The Morgan fingerprint density at radius 2 is 1.73 bits per heavy atom. The van der Waals surface area contributed by atoms with Crippen LogP contribution in [0.4, 0.5) is 17.6 Å². The number of carbonyl (C=O) groups is 1. The monoisotopic (exact) mass is 461 g/mol. The summed E-state index contributed by atoms with van der Waals surface area (Å²) >= 11 is 0. The third kappa shape index (κ3) is 4.44. The number of nitrogens with zero attached hydrogens (tertiary/aromatic N) is 4. The summed E-state index contributed by atoms with van der Waals surface area (Å²) in [7, 11) is 0. The van der Waals surface area contributed by atoms with E-state index in [-0.39, 0.29) is 5.91 Å². The lowest BCUT2D eigenvalue weighted by Crippen LogP contribution is -2.33. The molecule has 2 saturated heterocycles. The molecule has 0 radical (unpaired) electrons. The number of aromatic nitrogens is 3. The molecule has 0 spiro atoms. The topological polar surface area (TPSA) is 65.1 Å². The molecule has 33 heavy (non-hydrogen) atoms. The number of fused-ring (bicyclic) bond motifs is 2. The SMILES string of the molecule is O=C(c1ccc2n[nH]nc2c1)N1C[C@H]2CN(CCCc3ccc(C(F)(F)F)cc3F)C[C@@H]2C1. The number of hydrogen-bond acceptors (Lipinski definition) is 4. The Bertz CT molecular complexity index is 1160. The fourth-order valence-corrected chi connectivity index (χ4v) is 5.01. The van der Waals surface area contributed by atoms with E-state index in [1.165, 1.54) is 6.07 Å². The van der Waals surface area contributed by atoms with Gasteiger partial charge in [-0.25, -0.2) is 4.39 Å². The van der Waals surface area contributed by atoms with E-state index in [0.717, 1.165) is 31.2 Å². The molecule has 6 nitrogen and oxygen atoms in total. The molecule has 174 valence electrons. The Balaban J connectivity index is 1.11. The second kappa shape index (κ2) is 8.40. The second-order valence-electron chi connectivity index (χ2n) is 8.92. The Morgan fingerprint density at radius 1 is 1.00 bits per heavy atom. The average Bonchev–Trinajstić information content (AvgIpc) is 3.47. The maximum Gasteiger partial charge on any atom is 0.416 e. The van der Waals surface area contributed by atoms with Crippen molar-refractivity contribution in [3.63, 3.8) is 0 Å². The van der Waals surface area contributed by atoms with Crippen LogP contribution in [0.15, 0.2) is 36.4 Å². The van der Waals surface area contributed by atoms with Crippen molar-refractivity contribution in [2.45, 2.75) is 19.0 Å². The van der Waals surface area contributed by atoms with Crippen LogP contribution in [0, 0.1) is 17.7 Å². The number of aryl methyl sites for hydroxylation is 1. The van der Waals surface area contributed by atoms with Gasteiger partial charge in [0.2, 0.25) is 0 Å². The lowest BCUT2D eigenvalue weighted by molar-refractivity contribution is -0.137. The molecule has 0 aliphatic carbocycles. The van der Waals surface area contributed by atoms with Crippen molar-refractivity contribution in [2.75, 3.05) is 32.7 Å². The van der Waals surface area contributed by atoms with Gasteiger partial charge in [-0.1, -0.05) is 6.07 Å². The lowest BCUT2D eigenvalue weighted by atomic mass is 10.0. The van der Waals surface area contributed by atoms with Crippen LogP contribution in [-0.2, 0) is 12.6 Å². The highest BCUT2D eigenvalue weighted by Crippen LogP contribution is 2.33. The zero-order valence-electron chi connectivity index (χ0n) is 17.8. The van der Waals surface area contributed by atoms with Crippen LogP contribution in [0.25, 0.3) is 11.0 Å². The quantitative estimate of drug-likeness (QED) is 0.588. The van der Waals surface area contributed by atoms with Gasteiger partial charge in [0.25, 0.3) is 5.91 Å². The van der Waals surface area contributed by atoms with Crippen molar-refractivity contribution in [3.8, 4) is 0 Å². The molecule has 0 saturated carbocycles. The van der Waals surface area contributed by atoms with Crippen molar-refractivity contribution < 1.29 is 22.4 Å². The van der Waals surface area contributed by atoms with Gasteiger partial charge in [0.1, 0.15) is 16.9 Å². The number of aromatic amines is 1. The molecule has 0 unspecified atom stereocenters. The predicted octanol–water partition coefficient (Wildman–Crippen LogP) is 3.75. The first kappa shape index (κ1) is 21.8. The Kier molecular flexibility index (Phi) is 5.55. The summed E-state index contributed by atoms with van der Waals surface area (Å²) in [6, 6.07) is 8.04. The summed E-state index contributed by atoms with van der Waals surface area (Å²) in [5.74, 6) is -0.0141. The number of nitrogens with one attached hydrogen (secondary N) is 1. The van der Waals surface area contributed by atoms with Crippen LogP contribution in [0.1, 0.15) is 27.9 Å². The number of rotatable bonds is 5. The minimum Gasteiger partial charge on any atom is -0.338 e. The Hall–Kier alpha value is -3.01. The fourth-order valence-electron chi connectivity index (χ4n) is 5.01. The van der Waals surface area contributed by atoms with E-state index in [9.17, 15) is 22.4 Å². The first-order valence-electron chi connectivity index (χ1n) is 11.0. The summed E-state index contributed by atoms with van der Waals surface area (Å²) < 4.78 is 52.1. The van der Waals surface area contributed by atoms with Gasteiger partial charge in [-0.15, -0.1) is 0 Å². The smallest absolute Gasteiger partial charge is 0.338 e. The minimum atomic E-state index is -4.54. The number of hydrogen-bond donors (Lipinski definition) is 1. The van der Waals surface area contributed by atoms with Crippen molar-refractivity contribution in [2.24, 2.45) is 11.8 Å². The maximum atomic E-state index is 14.0. The van der Waals surface area contributed by atoms with Gasteiger partial charge >= 0.3 is 6.18 Å². The van der Waals surface area contributed by atoms with Gasteiger partial charge in [-0.3, -0.25) is 4.79 Å². The van der Waals surface area contributed by atoms with Crippen LogP contribution in [0.5, 0.6) is 0 Å². The van der Waals surface area contributed by atoms with Gasteiger partial charge in [-0.05, 0) is 67.1 Å². The van der Waals surface area contributed by atoms with Gasteiger partial charge < -0.3 is 9.80 Å². The lowest BCUT2D eigenvalue weighted by Gasteiger charge is -2.21. The molecule has 3 heterocycles. The molecular formula is C23H23F4N5O. The van der Waals surface area contributed by atoms with E-state index < -0.39 is 17.6 Å². The van der Waals surface area contributed by atoms with E-state index >= 15 is 0 Å². The fraction of sp³-hybridized carbons (Fsp3) is 0.435. The van der Waals surface area contributed by atoms with Crippen molar-refractivity contribution in [1.82, 2.24) is 25.2 Å². The standard InChI is InChI=1S/C23H23F4N5O/c24-19-9-18(23(25,26)27)5-3-14(19)2-1-7-31-10-16-12-32(13-17(16)11-31)22(33)15-4-6-20-21(8-15)29-30-28-20/h3-6,8-9,16-17H,1-2,7,10-13H2,(H,28,29,30)/t16-,17-/m1/s1. The van der Waals surface area contributed by atoms with E-state index in [2.05, 4.69) is 20.3 Å². The number of amides is 1. The van der Waals surface area contributed by atoms with Gasteiger partial charge in [-0.2, -0.15) is 28.6 Å². The number of halogens is 4. The van der Waals surface area contributed by atoms with Gasteiger partial charge in [0, 0.05) is 31.7 Å². The highest BCUT2D eigenvalue weighted by Gasteiger charge is 2.41. The molecule has 10 heteroatoms. The van der Waals surface area contributed by atoms with E-state index in [1.807, 2.05) is 4.90 Å². The highest BCUT2D eigenvalue weighted by molar-refractivity contribution is 5.97. The highest BCUT2D eigenvalue weighted by atomic mass is 19.4. The van der Waals surface area contributed by atoms with Crippen LogP contribution >= 0.6 is 0 Å². The molecule has 2 aliphatic rings. The normalized spacial score (nSPS) is 21.2. The first-order valence-corrected chi connectivity index (χ1v) is 11.0. The summed E-state index contributed by atoms with van der Waals surface area (Å²) in [4.78, 5) is 17.1. The number of likely N-dealkylation sites (tertiary alicyclic amines) is 2. The molecule has 2 aliphatic heterocycles. The molecule has 2 atom stereocenters. The van der Waals surface area contributed by atoms with Gasteiger partial charge in [0.15, 0.2) is 0 Å². The molecule has 2 aromatic carbocycles. The van der Waals surface area contributed by atoms with Crippen molar-refractivity contribution in [1.29, 1.82) is 0 Å². The number of alkyl halides is 3. The Morgan fingerprint density at radius 3 is 2.42 bits per heavy atom. The molecule has 1 aromatic heterocycles. The first-order chi connectivity index (χ1) is 15.8. The van der Waals surface area contributed by atoms with E-state index in [0.29, 0.717) is 60.5 Å². The summed E-state index contributed by atoms with van der Waals surface area (Å²) in [6.07, 6.45) is -3.47. The molecular weight excluding hydrogens is 438 g/mol. The number of benzene rings is 2. The van der Waals surface area contributed by atoms with Crippen LogP contribution in [0.3, 0.4) is 0 Å². The molecule has 0 bridgehead atoms. The van der Waals surface area contributed by atoms with E-state index in [1.54, 1.807) is 18.2 Å². The zero-order valence-corrected chi connectivity index (χ0v) is 17.8. The third-order valence-electron chi connectivity index (χ3n) is 6.71. The van der Waals surface area contributed by atoms with Crippen molar-refractivity contribution in [3.05, 3.63) is 58.9 Å². The predicted molar refractivity (Wildman–Crippen MR) is 113 cm³/mol. The summed E-state index contributed by atoms with van der Waals surface area (Å²) in [5.41, 5.74) is 1.33. The Labute approximate surface area is 187 Å². The number of carbonyl (C=O) groups excluding carboxylic acids is 1. The number of H-pyrrole nitrogens is 1. The van der Waals surface area contributed by atoms with Crippen LogP contribution < -0.4 is 0 Å². The maximum absolute atomic E-state index is 14.0. The van der Waals surface area contributed by atoms with E-state index in [4.69, 9.17) is 0 Å². The van der Waals surface area contributed by atoms with Crippen LogP contribution in [0.2, 0.25) is 0 Å². The largest absolute Gasteiger partial charge is 0.416 e. The molecule has 3 aromatic rings. The molecule has 1 N–H and O–H groups in total. The molecule has 5 rings (SSSR count). The molecule has 2 fully saturated rings. The summed E-state index contributed by atoms with van der Waals surface area (Å²) in [6.45, 7) is 3.89. The van der Waals surface area contributed by atoms with Crippen molar-refractivity contribution >= 4 is 16.9 Å². The average molecular weight is 461 g/mol.